The zero-order valence-corrected chi connectivity index (χ0v) is 18.4. The first-order chi connectivity index (χ1) is 12.7. The number of halogens is 5. The van der Waals surface area contributed by atoms with Gasteiger partial charge in [0.15, 0.2) is 6.61 Å². The van der Waals surface area contributed by atoms with E-state index in [-0.39, 0.29) is 11.3 Å². The number of carbonyl (C=O) groups is 2. The maximum Gasteiger partial charge on any atom is 0.456 e. The minimum atomic E-state index is -5.82. The minimum absolute atomic E-state index is 0.0888. The van der Waals surface area contributed by atoms with E-state index in [1.807, 2.05) is 34.6 Å². The van der Waals surface area contributed by atoms with E-state index in [1.165, 1.54) is 13.8 Å². The van der Waals surface area contributed by atoms with Crippen LogP contribution in [0.15, 0.2) is 0 Å². The Kier molecular flexibility index (Phi) is 8.72. The fourth-order valence-electron chi connectivity index (χ4n) is 2.69. The summed E-state index contributed by atoms with van der Waals surface area (Å²) in [6.45, 7) is 12.2. The first kappa shape index (κ1) is 27.6. The SMILES string of the molecule is CCC(C)(C)CC(C)(C(=O)OC(C)(C)CC(=O)OCC(F)(F)C(F)(F)F)C(C)C. The molecule has 0 aliphatic carbocycles. The van der Waals surface area contributed by atoms with Crippen molar-refractivity contribution in [2.24, 2.45) is 16.7 Å². The zero-order chi connectivity index (χ0) is 23.5. The minimum Gasteiger partial charge on any atom is -0.459 e. The van der Waals surface area contributed by atoms with Crippen LogP contribution in [-0.2, 0) is 19.1 Å². The lowest BCUT2D eigenvalue weighted by Gasteiger charge is -2.40. The molecule has 0 aliphatic heterocycles. The Morgan fingerprint density at radius 3 is 1.79 bits per heavy atom. The molecule has 1 unspecified atom stereocenters. The Bertz CT molecular complexity index is 582. The zero-order valence-electron chi connectivity index (χ0n) is 18.4. The number of esters is 2. The molecule has 0 aromatic carbocycles. The quantitative estimate of drug-likeness (QED) is 0.317. The predicted molar refractivity (Wildman–Crippen MR) is 98.4 cm³/mol. The Morgan fingerprint density at radius 1 is 0.931 bits per heavy atom. The highest BCUT2D eigenvalue weighted by Gasteiger charge is 2.58. The van der Waals surface area contributed by atoms with Crippen molar-refractivity contribution in [3.63, 3.8) is 0 Å². The van der Waals surface area contributed by atoms with Crippen LogP contribution in [0.25, 0.3) is 0 Å². The molecule has 172 valence electrons. The second-order valence-electron chi connectivity index (χ2n) is 9.46. The third-order valence-corrected chi connectivity index (χ3v) is 5.31. The van der Waals surface area contributed by atoms with Crippen molar-refractivity contribution in [3.8, 4) is 0 Å². The van der Waals surface area contributed by atoms with Gasteiger partial charge in [0, 0.05) is 0 Å². The number of hydrogen-bond acceptors (Lipinski definition) is 4. The van der Waals surface area contributed by atoms with Gasteiger partial charge in [-0.3, -0.25) is 9.59 Å². The van der Waals surface area contributed by atoms with Crippen molar-refractivity contribution in [1.29, 1.82) is 0 Å². The number of ether oxygens (including phenoxy) is 2. The summed E-state index contributed by atoms with van der Waals surface area (Å²) in [7, 11) is 0. The van der Waals surface area contributed by atoms with Gasteiger partial charge in [-0.1, -0.05) is 41.0 Å². The molecule has 0 fully saturated rings. The van der Waals surface area contributed by atoms with Crippen LogP contribution >= 0.6 is 0 Å². The van der Waals surface area contributed by atoms with Gasteiger partial charge in [0.05, 0.1) is 11.8 Å². The predicted octanol–water partition coefficient (Wildman–Crippen LogP) is 5.93. The summed E-state index contributed by atoms with van der Waals surface area (Å²) < 4.78 is 71.8. The van der Waals surface area contributed by atoms with Crippen molar-refractivity contribution < 1.29 is 41.0 Å². The van der Waals surface area contributed by atoms with Gasteiger partial charge in [0.1, 0.15) is 5.60 Å². The van der Waals surface area contributed by atoms with Gasteiger partial charge in [-0.15, -0.1) is 0 Å². The fraction of sp³-hybridized carbons (Fsp3) is 0.900. The highest BCUT2D eigenvalue weighted by atomic mass is 19.4. The van der Waals surface area contributed by atoms with Gasteiger partial charge in [-0.05, 0) is 38.5 Å². The molecule has 0 radical (unpaired) electrons. The van der Waals surface area contributed by atoms with E-state index in [1.54, 1.807) is 6.92 Å². The van der Waals surface area contributed by atoms with Crippen LogP contribution < -0.4 is 0 Å². The average molecular weight is 432 g/mol. The molecule has 0 aromatic rings. The fourth-order valence-corrected chi connectivity index (χ4v) is 2.69. The molecule has 9 heteroatoms. The highest BCUT2D eigenvalue weighted by molar-refractivity contribution is 5.78. The van der Waals surface area contributed by atoms with Crippen LogP contribution in [0.5, 0.6) is 0 Å². The lowest BCUT2D eigenvalue weighted by Crippen LogP contribution is -2.44. The van der Waals surface area contributed by atoms with Gasteiger partial charge in [0.25, 0.3) is 0 Å². The molecule has 0 aliphatic rings. The molecule has 4 nitrogen and oxygen atoms in total. The first-order valence-corrected chi connectivity index (χ1v) is 9.53. The van der Waals surface area contributed by atoms with Crippen LogP contribution in [0.4, 0.5) is 22.0 Å². The van der Waals surface area contributed by atoms with Crippen LogP contribution in [0, 0.1) is 16.7 Å². The van der Waals surface area contributed by atoms with E-state index in [2.05, 4.69) is 4.74 Å². The Morgan fingerprint density at radius 2 is 1.41 bits per heavy atom. The van der Waals surface area contributed by atoms with E-state index in [4.69, 9.17) is 4.74 Å². The Labute approximate surface area is 169 Å². The Balaban J connectivity index is 5.14. The molecule has 0 aromatic heterocycles. The van der Waals surface area contributed by atoms with Crippen LogP contribution in [0.1, 0.15) is 74.7 Å². The van der Waals surface area contributed by atoms with Crippen molar-refractivity contribution in [2.75, 3.05) is 6.61 Å². The number of carbonyl (C=O) groups excluding carboxylic acids is 2. The van der Waals surface area contributed by atoms with Crippen LogP contribution in [0.3, 0.4) is 0 Å². The van der Waals surface area contributed by atoms with E-state index in [0.29, 0.717) is 6.42 Å². The molecule has 0 amide bonds. The van der Waals surface area contributed by atoms with E-state index < -0.39 is 48.1 Å². The van der Waals surface area contributed by atoms with E-state index >= 15 is 0 Å². The second-order valence-corrected chi connectivity index (χ2v) is 9.46. The van der Waals surface area contributed by atoms with Gasteiger partial charge in [-0.25, -0.2) is 0 Å². The standard InChI is InChI=1S/C20H33F5O4/c1-9-16(4,5)11-18(8,13(2)3)15(27)29-17(6,7)10-14(26)28-12-19(21,22)20(23,24)25/h13H,9-12H2,1-8H3. The van der Waals surface area contributed by atoms with Crippen molar-refractivity contribution in [1.82, 2.24) is 0 Å². The summed E-state index contributed by atoms with van der Waals surface area (Å²) in [6, 6.07) is 0. The monoisotopic (exact) mass is 432 g/mol. The number of rotatable bonds is 10. The largest absolute Gasteiger partial charge is 0.459 e. The molecule has 1 atom stereocenters. The topological polar surface area (TPSA) is 52.6 Å². The van der Waals surface area contributed by atoms with Gasteiger partial charge >= 0.3 is 24.0 Å². The molecule has 0 N–H and O–H groups in total. The summed E-state index contributed by atoms with van der Waals surface area (Å²) in [6.07, 6.45) is -5.13. The molecule has 0 saturated heterocycles. The van der Waals surface area contributed by atoms with E-state index in [0.717, 1.165) is 6.42 Å². The molecule has 0 saturated carbocycles. The van der Waals surface area contributed by atoms with Gasteiger partial charge in [0.2, 0.25) is 0 Å². The van der Waals surface area contributed by atoms with Gasteiger partial charge in [-0.2, -0.15) is 22.0 Å². The van der Waals surface area contributed by atoms with Crippen molar-refractivity contribution in [2.45, 2.75) is 92.4 Å². The number of alkyl halides is 5. The van der Waals surface area contributed by atoms with Gasteiger partial charge < -0.3 is 9.47 Å². The molecule has 0 bridgehead atoms. The normalized spacial score (nSPS) is 15.8. The summed E-state index contributed by atoms with van der Waals surface area (Å²) in [5, 5.41) is 0. The lowest BCUT2D eigenvalue weighted by atomic mass is 9.67. The maximum atomic E-state index is 12.9. The molecular weight excluding hydrogens is 399 g/mol. The molecule has 0 rings (SSSR count). The van der Waals surface area contributed by atoms with Crippen molar-refractivity contribution in [3.05, 3.63) is 0 Å². The summed E-state index contributed by atoms with van der Waals surface area (Å²) in [5.41, 5.74) is -2.46. The smallest absolute Gasteiger partial charge is 0.456 e. The summed E-state index contributed by atoms with van der Waals surface area (Å²) >= 11 is 0. The van der Waals surface area contributed by atoms with Crippen LogP contribution in [-0.4, -0.2) is 36.2 Å². The molecule has 0 spiro atoms. The molecule has 29 heavy (non-hydrogen) atoms. The third kappa shape index (κ3) is 8.09. The maximum absolute atomic E-state index is 12.9. The highest BCUT2D eigenvalue weighted by Crippen LogP contribution is 2.43. The molecular formula is C20H33F5O4. The lowest BCUT2D eigenvalue weighted by molar-refractivity contribution is -0.294. The van der Waals surface area contributed by atoms with Crippen LogP contribution in [0.2, 0.25) is 0 Å². The molecule has 0 heterocycles. The summed E-state index contributed by atoms with van der Waals surface area (Å²) in [4.78, 5) is 24.7. The summed E-state index contributed by atoms with van der Waals surface area (Å²) in [5.74, 6) is -7.11. The Hall–Kier alpha value is -1.41. The average Bonchev–Trinajstić information content (AvgIpc) is 2.50. The number of hydrogen-bond donors (Lipinski definition) is 0. The van der Waals surface area contributed by atoms with E-state index in [9.17, 15) is 31.5 Å². The second kappa shape index (κ2) is 9.16. The van der Waals surface area contributed by atoms with Crippen molar-refractivity contribution >= 4 is 11.9 Å². The first-order valence-electron chi connectivity index (χ1n) is 9.53. The third-order valence-electron chi connectivity index (χ3n) is 5.31.